The molecule has 1 aliphatic rings. The smallest absolute Gasteiger partial charge is 0.251 e. The topological polar surface area (TPSA) is 41.1 Å². The van der Waals surface area contributed by atoms with Gasteiger partial charge in [0.1, 0.15) is 0 Å². The van der Waals surface area contributed by atoms with Crippen LogP contribution in [0.15, 0.2) is 42.5 Å². The highest BCUT2D eigenvalue weighted by molar-refractivity contribution is 6.06. The van der Waals surface area contributed by atoms with E-state index in [1.54, 1.807) is 0 Å². The minimum Gasteiger partial charge on any atom is -0.352 e. The standard InChI is InChI=1S/C17H20N2O/c20-17(19-11-9-13-8-10-18-12-13)16-7-3-5-14-4-1-2-6-15(14)16/h1-7,13,18H,8-12H2,(H,19,20). The number of carbonyl (C=O) groups is 1. The van der Waals surface area contributed by atoms with E-state index in [9.17, 15) is 4.79 Å². The van der Waals surface area contributed by atoms with Gasteiger partial charge in [-0.1, -0.05) is 36.4 Å². The lowest BCUT2D eigenvalue weighted by atomic mass is 10.0. The molecule has 0 saturated carbocycles. The Bertz CT molecular complexity index is 597. The van der Waals surface area contributed by atoms with Crippen LogP contribution in [0.5, 0.6) is 0 Å². The van der Waals surface area contributed by atoms with E-state index in [-0.39, 0.29) is 5.91 Å². The molecule has 1 heterocycles. The Kier molecular flexibility index (Phi) is 3.97. The van der Waals surface area contributed by atoms with Crippen LogP contribution in [0, 0.1) is 5.92 Å². The van der Waals surface area contributed by atoms with Gasteiger partial charge in [0.2, 0.25) is 0 Å². The molecule has 2 N–H and O–H groups in total. The summed E-state index contributed by atoms with van der Waals surface area (Å²) in [6.45, 7) is 2.96. The molecule has 3 heteroatoms. The summed E-state index contributed by atoms with van der Waals surface area (Å²) in [6, 6.07) is 13.9. The number of carbonyl (C=O) groups excluding carboxylic acids is 1. The highest BCUT2D eigenvalue weighted by Crippen LogP contribution is 2.18. The molecule has 1 saturated heterocycles. The maximum absolute atomic E-state index is 12.3. The van der Waals surface area contributed by atoms with Gasteiger partial charge >= 0.3 is 0 Å². The predicted molar refractivity (Wildman–Crippen MR) is 81.9 cm³/mol. The second-order valence-corrected chi connectivity index (χ2v) is 5.43. The van der Waals surface area contributed by atoms with Crippen LogP contribution in [0.2, 0.25) is 0 Å². The summed E-state index contributed by atoms with van der Waals surface area (Å²) in [7, 11) is 0. The van der Waals surface area contributed by atoms with Crippen LogP contribution in [0.4, 0.5) is 0 Å². The van der Waals surface area contributed by atoms with E-state index in [4.69, 9.17) is 0 Å². The Labute approximate surface area is 119 Å². The van der Waals surface area contributed by atoms with Crippen molar-refractivity contribution in [1.82, 2.24) is 10.6 Å². The van der Waals surface area contributed by atoms with Gasteiger partial charge in [0, 0.05) is 12.1 Å². The van der Waals surface area contributed by atoms with Crippen LogP contribution in [-0.4, -0.2) is 25.5 Å². The van der Waals surface area contributed by atoms with Crippen molar-refractivity contribution in [2.24, 2.45) is 5.92 Å². The molecule has 1 unspecified atom stereocenters. The largest absolute Gasteiger partial charge is 0.352 e. The fourth-order valence-electron chi connectivity index (χ4n) is 2.87. The van der Waals surface area contributed by atoms with Crippen molar-refractivity contribution in [2.75, 3.05) is 19.6 Å². The van der Waals surface area contributed by atoms with E-state index in [2.05, 4.69) is 10.6 Å². The summed E-state index contributed by atoms with van der Waals surface area (Å²) in [5.74, 6) is 0.746. The van der Waals surface area contributed by atoms with Gasteiger partial charge in [0.15, 0.2) is 0 Å². The maximum Gasteiger partial charge on any atom is 0.251 e. The molecule has 1 aliphatic heterocycles. The van der Waals surface area contributed by atoms with Gasteiger partial charge in [-0.2, -0.15) is 0 Å². The van der Waals surface area contributed by atoms with Gasteiger partial charge in [0.05, 0.1) is 0 Å². The summed E-state index contributed by atoms with van der Waals surface area (Å²) in [5, 5.41) is 8.54. The van der Waals surface area contributed by atoms with Crippen LogP contribution in [-0.2, 0) is 0 Å². The first-order valence-electron chi connectivity index (χ1n) is 7.31. The van der Waals surface area contributed by atoms with E-state index in [1.165, 1.54) is 6.42 Å². The molecule has 0 radical (unpaired) electrons. The van der Waals surface area contributed by atoms with Crippen LogP contribution in [0.3, 0.4) is 0 Å². The Balaban J connectivity index is 1.66. The first kappa shape index (κ1) is 13.1. The van der Waals surface area contributed by atoms with E-state index in [0.29, 0.717) is 5.92 Å². The molecule has 0 bridgehead atoms. The second kappa shape index (κ2) is 6.06. The molecular weight excluding hydrogens is 248 g/mol. The summed E-state index contributed by atoms with van der Waals surface area (Å²) < 4.78 is 0. The Morgan fingerprint density at radius 3 is 2.90 bits per heavy atom. The van der Waals surface area contributed by atoms with Crippen molar-refractivity contribution in [3.8, 4) is 0 Å². The zero-order valence-corrected chi connectivity index (χ0v) is 11.6. The quantitative estimate of drug-likeness (QED) is 0.895. The maximum atomic E-state index is 12.3. The average molecular weight is 268 g/mol. The van der Waals surface area contributed by atoms with Crippen molar-refractivity contribution in [1.29, 1.82) is 0 Å². The minimum absolute atomic E-state index is 0.0350. The molecule has 20 heavy (non-hydrogen) atoms. The fourth-order valence-corrected chi connectivity index (χ4v) is 2.87. The SMILES string of the molecule is O=C(NCCC1CCNC1)c1cccc2ccccc12. The Hall–Kier alpha value is -1.87. The van der Waals surface area contributed by atoms with Crippen LogP contribution in [0.25, 0.3) is 10.8 Å². The Morgan fingerprint density at radius 1 is 1.20 bits per heavy atom. The van der Waals surface area contributed by atoms with Crippen molar-refractivity contribution in [3.05, 3.63) is 48.0 Å². The van der Waals surface area contributed by atoms with E-state index >= 15 is 0 Å². The summed E-state index contributed by atoms with van der Waals surface area (Å²) in [6.07, 6.45) is 2.29. The van der Waals surface area contributed by atoms with E-state index < -0.39 is 0 Å². The van der Waals surface area contributed by atoms with Crippen LogP contribution >= 0.6 is 0 Å². The van der Waals surface area contributed by atoms with Crippen LogP contribution in [0.1, 0.15) is 23.2 Å². The third-order valence-electron chi connectivity index (χ3n) is 4.03. The lowest BCUT2D eigenvalue weighted by molar-refractivity contribution is 0.0953. The zero-order valence-electron chi connectivity index (χ0n) is 11.6. The van der Waals surface area contributed by atoms with Gasteiger partial charge in [-0.15, -0.1) is 0 Å². The monoisotopic (exact) mass is 268 g/mol. The minimum atomic E-state index is 0.0350. The molecular formula is C17H20N2O. The third kappa shape index (κ3) is 2.83. The van der Waals surface area contributed by atoms with Gasteiger partial charge < -0.3 is 10.6 Å². The van der Waals surface area contributed by atoms with E-state index in [0.717, 1.165) is 42.4 Å². The van der Waals surface area contributed by atoms with Crippen molar-refractivity contribution < 1.29 is 4.79 Å². The fraction of sp³-hybridized carbons (Fsp3) is 0.353. The number of rotatable bonds is 4. The molecule has 0 aromatic heterocycles. The lowest BCUT2D eigenvalue weighted by Gasteiger charge is -2.10. The van der Waals surface area contributed by atoms with Gasteiger partial charge in [-0.05, 0) is 48.7 Å². The molecule has 0 aliphatic carbocycles. The number of fused-ring (bicyclic) bond motifs is 1. The average Bonchev–Trinajstić information content (AvgIpc) is 3.00. The molecule has 1 amide bonds. The molecule has 104 valence electrons. The van der Waals surface area contributed by atoms with Crippen molar-refractivity contribution in [2.45, 2.75) is 12.8 Å². The number of hydrogen-bond acceptors (Lipinski definition) is 2. The normalized spacial score (nSPS) is 18.3. The van der Waals surface area contributed by atoms with Crippen molar-refractivity contribution in [3.63, 3.8) is 0 Å². The second-order valence-electron chi connectivity index (χ2n) is 5.43. The summed E-state index contributed by atoms with van der Waals surface area (Å²) in [4.78, 5) is 12.3. The van der Waals surface area contributed by atoms with Crippen LogP contribution < -0.4 is 10.6 Å². The van der Waals surface area contributed by atoms with Gasteiger partial charge in [-0.25, -0.2) is 0 Å². The highest BCUT2D eigenvalue weighted by Gasteiger charge is 2.15. The summed E-state index contributed by atoms with van der Waals surface area (Å²) in [5.41, 5.74) is 0.771. The number of benzene rings is 2. The molecule has 1 fully saturated rings. The summed E-state index contributed by atoms with van der Waals surface area (Å²) >= 11 is 0. The molecule has 2 aromatic rings. The van der Waals surface area contributed by atoms with Gasteiger partial charge in [0.25, 0.3) is 5.91 Å². The Morgan fingerprint density at radius 2 is 2.05 bits per heavy atom. The number of amides is 1. The zero-order chi connectivity index (χ0) is 13.8. The van der Waals surface area contributed by atoms with Crippen molar-refractivity contribution >= 4 is 16.7 Å². The predicted octanol–water partition coefficient (Wildman–Crippen LogP) is 2.57. The molecule has 2 aromatic carbocycles. The first-order chi connectivity index (χ1) is 9.84. The van der Waals surface area contributed by atoms with Gasteiger partial charge in [-0.3, -0.25) is 4.79 Å². The molecule has 0 spiro atoms. The first-order valence-corrected chi connectivity index (χ1v) is 7.31. The highest BCUT2D eigenvalue weighted by atomic mass is 16.1. The molecule has 3 rings (SSSR count). The molecule has 3 nitrogen and oxygen atoms in total. The number of nitrogens with one attached hydrogen (secondary N) is 2. The van der Waals surface area contributed by atoms with E-state index in [1.807, 2.05) is 42.5 Å². The third-order valence-corrected chi connectivity index (χ3v) is 4.03. The lowest BCUT2D eigenvalue weighted by Crippen LogP contribution is -2.26. The molecule has 1 atom stereocenters. The number of hydrogen-bond donors (Lipinski definition) is 2.